The maximum absolute atomic E-state index is 12.5. The van der Waals surface area contributed by atoms with Crippen molar-refractivity contribution in [2.24, 2.45) is 5.41 Å². The van der Waals surface area contributed by atoms with E-state index in [9.17, 15) is 9.59 Å². The minimum atomic E-state index is -0.551. The smallest absolute Gasteiger partial charge is 0.342 e. The maximum atomic E-state index is 12.5. The van der Waals surface area contributed by atoms with Crippen LogP contribution in [0.4, 0.5) is 0 Å². The van der Waals surface area contributed by atoms with E-state index in [0.29, 0.717) is 6.42 Å². The number of hydrogen-bond acceptors (Lipinski definition) is 4. The molecule has 0 saturated carbocycles. The summed E-state index contributed by atoms with van der Waals surface area (Å²) in [5.41, 5.74) is 1.86. The summed E-state index contributed by atoms with van der Waals surface area (Å²) >= 11 is 0. The van der Waals surface area contributed by atoms with Crippen LogP contribution in [-0.4, -0.2) is 16.7 Å². The Kier molecular flexibility index (Phi) is 4.22. The summed E-state index contributed by atoms with van der Waals surface area (Å²) < 4.78 is 5.57. The van der Waals surface area contributed by atoms with Crippen molar-refractivity contribution in [1.29, 1.82) is 0 Å². The molecule has 0 radical (unpaired) electrons. The van der Waals surface area contributed by atoms with E-state index in [0.717, 1.165) is 16.5 Å². The monoisotopic (exact) mass is 323 g/mol. The summed E-state index contributed by atoms with van der Waals surface area (Å²) in [6, 6.07) is 9.47. The van der Waals surface area contributed by atoms with Gasteiger partial charge in [0, 0.05) is 17.1 Å². The first kappa shape index (κ1) is 16.4. The van der Waals surface area contributed by atoms with E-state index in [2.05, 4.69) is 25.8 Å². The summed E-state index contributed by atoms with van der Waals surface area (Å²) in [5.74, 6) is -0.678. The minimum Gasteiger partial charge on any atom is -0.453 e. The van der Waals surface area contributed by atoms with Crippen LogP contribution in [0.15, 0.2) is 48.2 Å². The minimum absolute atomic E-state index is 0.0196. The lowest BCUT2D eigenvalue weighted by Gasteiger charge is -2.25. The van der Waals surface area contributed by atoms with Crippen LogP contribution >= 0.6 is 0 Å². The molecular weight excluding hydrogens is 302 g/mol. The molecule has 4 heteroatoms. The van der Waals surface area contributed by atoms with E-state index >= 15 is 0 Å². The summed E-state index contributed by atoms with van der Waals surface area (Å²) in [7, 11) is 0. The van der Waals surface area contributed by atoms with Crippen molar-refractivity contribution in [2.75, 3.05) is 0 Å². The number of Topliss-reactive ketones (excluding diaryl/α,β-unsaturated/α-hetero) is 1. The number of cyclic esters (lactones) is 1. The van der Waals surface area contributed by atoms with Gasteiger partial charge in [-0.2, -0.15) is 0 Å². The van der Waals surface area contributed by atoms with Gasteiger partial charge in [-0.15, -0.1) is 0 Å². The lowest BCUT2D eigenvalue weighted by Crippen LogP contribution is -2.27. The van der Waals surface area contributed by atoms with Crippen LogP contribution in [0.3, 0.4) is 0 Å². The van der Waals surface area contributed by atoms with Gasteiger partial charge < -0.3 is 4.74 Å². The van der Waals surface area contributed by atoms with Gasteiger partial charge in [0.15, 0.2) is 5.78 Å². The Bertz CT molecular complexity index is 805. The van der Waals surface area contributed by atoms with Gasteiger partial charge in [-0.25, -0.2) is 4.79 Å². The number of ketones is 1. The molecule has 0 N–H and O–H groups in total. The van der Waals surface area contributed by atoms with Crippen molar-refractivity contribution >= 4 is 22.7 Å². The Morgan fingerprint density at radius 2 is 1.96 bits per heavy atom. The molecule has 2 heterocycles. The van der Waals surface area contributed by atoms with E-state index in [-0.39, 0.29) is 23.2 Å². The lowest BCUT2D eigenvalue weighted by molar-refractivity contribution is -0.151. The molecule has 124 valence electrons. The molecule has 1 saturated heterocycles. The predicted molar refractivity (Wildman–Crippen MR) is 92.4 cm³/mol. The Labute approximate surface area is 141 Å². The highest BCUT2D eigenvalue weighted by Crippen LogP contribution is 2.33. The van der Waals surface area contributed by atoms with Crippen molar-refractivity contribution < 1.29 is 14.3 Å². The Hall–Kier alpha value is -2.49. The van der Waals surface area contributed by atoms with Gasteiger partial charge in [-0.1, -0.05) is 45.0 Å². The number of fused-ring (bicyclic) bond motifs is 1. The fraction of sp³-hybridized carbons (Fsp3) is 0.350. The zero-order valence-electron chi connectivity index (χ0n) is 14.2. The van der Waals surface area contributed by atoms with Crippen molar-refractivity contribution in [3.05, 3.63) is 53.7 Å². The molecule has 2 aromatic rings. The van der Waals surface area contributed by atoms with E-state index < -0.39 is 12.1 Å². The molecule has 24 heavy (non-hydrogen) atoms. The predicted octanol–water partition coefficient (Wildman–Crippen LogP) is 4.15. The number of nitrogens with zero attached hydrogens (tertiary/aromatic N) is 1. The second-order valence-electron chi connectivity index (χ2n) is 7.32. The fourth-order valence-electron chi connectivity index (χ4n) is 2.80. The Morgan fingerprint density at radius 1 is 1.21 bits per heavy atom. The molecule has 3 rings (SSSR count). The van der Waals surface area contributed by atoms with E-state index in [1.807, 2.05) is 30.3 Å². The van der Waals surface area contributed by atoms with Crippen LogP contribution in [0.5, 0.6) is 0 Å². The number of hydrogen-bond donors (Lipinski definition) is 0. The van der Waals surface area contributed by atoms with Gasteiger partial charge in [0.05, 0.1) is 17.5 Å². The van der Waals surface area contributed by atoms with Crippen LogP contribution in [-0.2, 0) is 14.3 Å². The summed E-state index contributed by atoms with van der Waals surface area (Å²) in [6.45, 7) is 6.19. The average Bonchev–Trinajstić information content (AvgIpc) is 2.52. The normalized spacial score (nSPS) is 20.5. The topological polar surface area (TPSA) is 56.3 Å². The van der Waals surface area contributed by atoms with E-state index in [4.69, 9.17) is 4.74 Å². The SMILES string of the molecule is CC(C)(C)C/C=C1\C(=O)CC(c2ccnc3ccccc23)OC1=O. The molecule has 0 amide bonds. The summed E-state index contributed by atoms with van der Waals surface area (Å²) in [6.07, 6.45) is 3.68. The Balaban J connectivity index is 1.89. The summed E-state index contributed by atoms with van der Waals surface area (Å²) in [4.78, 5) is 29.1. The third-order valence-corrected chi connectivity index (χ3v) is 4.09. The largest absolute Gasteiger partial charge is 0.453 e. The maximum Gasteiger partial charge on any atom is 0.342 e. The number of ether oxygens (including phenoxy) is 1. The van der Waals surface area contributed by atoms with Crippen molar-refractivity contribution in [1.82, 2.24) is 4.98 Å². The highest BCUT2D eigenvalue weighted by Gasteiger charge is 2.33. The third kappa shape index (κ3) is 3.37. The Morgan fingerprint density at radius 3 is 2.67 bits per heavy atom. The highest BCUT2D eigenvalue weighted by molar-refractivity contribution is 6.19. The number of para-hydroxylation sites is 1. The molecule has 4 nitrogen and oxygen atoms in total. The second-order valence-corrected chi connectivity index (χ2v) is 7.32. The number of rotatable bonds is 2. The fourth-order valence-corrected chi connectivity index (χ4v) is 2.80. The molecule has 1 atom stereocenters. The van der Waals surface area contributed by atoms with Crippen LogP contribution in [0.2, 0.25) is 0 Å². The number of carbonyl (C=O) groups excluding carboxylic acids is 2. The van der Waals surface area contributed by atoms with Gasteiger partial charge in [0.25, 0.3) is 0 Å². The number of allylic oxidation sites excluding steroid dienone is 1. The van der Waals surface area contributed by atoms with Gasteiger partial charge in [0.2, 0.25) is 0 Å². The average molecular weight is 323 g/mol. The molecule has 1 aliphatic rings. The van der Waals surface area contributed by atoms with Gasteiger partial charge in [-0.05, 0) is 24.0 Å². The molecule has 1 aromatic heterocycles. The molecule has 1 aromatic carbocycles. The first-order chi connectivity index (χ1) is 11.3. The summed E-state index contributed by atoms with van der Waals surface area (Å²) in [5, 5.41) is 0.910. The van der Waals surface area contributed by atoms with Crippen LogP contribution in [0, 0.1) is 5.41 Å². The lowest BCUT2D eigenvalue weighted by atomic mass is 9.89. The van der Waals surface area contributed by atoms with Gasteiger partial charge in [0.1, 0.15) is 6.10 Å². The molecular formula is C20H21NO3. The third-order valence-electron chi connectivity index (χ3n) is 4.09. The number of carbonyl (C=O) groups is 2. The van der Waals surface area contributed by atoms with Crippen molar-refractivity contribution in [3.8, 4) is 0 Å². The van der Waals surface area contributed by atoms with Crippen LogP contribution in [0.25, 0.3) is 10.9 Å². The van der Waals surface area contributed by atoms with E-state index in [1.54, 1.807) is 12.3 Å². The van der Waals surface area contributed by atoms with Gasteiger partial charge >= 0.3 is 5.97 Å². The molecule has 0 bridgehead atoms. The quantitative estimate of drug-likeness (QED) is 0.473. The standard InChI is InChI=1S/C20H21NO3/c1-20(2,3)10-8-15-17(22)12-18(24-19(15)23)14-9-11-21-16-7-5-4-6-13(14)16/h4-9,11,18H,10,12H2,1-3H3/b15-8+. The highest BCUT2D eigenvalue weighted by atomic mass is 16.5. The molecule has 0 spiro atoms. The van der Waals surface area contributed by atoms with Crippen molar-refractivity contribution in [2.45, 2.75) is 39.7 Å². The molecule has 0 aliphatic carbocycles. The zero-order valence-corrected chi connectivity index (χ0v) is 14.2. The number of benzene rings is 1. The van der Waals surface area contributed by atoms with Crippen LogP contribution < -0.4 is 0 Å². The first-order valence-corrected chi connectivity index (χ1v) is 8.13. The number of esters is 1. The number of aromatic nitrogens is 1. The molecule has 1 fully saturated rings. The molecule has 1 unspecified atom stereocenters. The number of pyridine rings is 1. The van der Waals surface area contributed by atoms with Crippen molar-refractivity contribution in [3.63, 3.8) is 0 Å². The second kappa shape index (κ2) is 6.19. The van der Waals surface area contributed by atoms with E-state index in [1.165, 1.54) is 0 Å². The van der Waals surface area contributed by atoms with Crippen LogP contribution in [0.1, 0.15) is 45.3 Å². The molecule has 1 aliphatic heterocycles. The first-order valence-electron chi connectivity index (χ1n) is 8.13. The van der Waals surface area contributed by atoms with Gasteiger partial charge in [-0.3, -0.25) is 9.78 Å². The zero-order chi connectivity index (χ0) is 17.3.